The summed E-state index contributed by atoms with van der Waals surface area (Å²) in [5, 5.41) is 4.19. The van der Waals surface area contributed by atoms with Crippen LogP contribution in [0.15, 0.2) is 77.7 Å². The van der Waals surface area contributed by atoms with Crippen molar-refractivity contribution in [3.05, 3.63) is 84.5 Å². The minimum Gasteiger partial charge on any atom is -0.359 e. The first-order valence-electron chi connectivity index (χ1n) is 10.1. The van der Waals surface area contributed by atoms with Crippen LogP contribution in [0.5, 0.6) is 0 Å². The summed E-state index contributed by atoms with van der Waals surface area (Å²) in [5.74, 6) is 1.52. The van der Waals surface area contributed by atoms with E-state index in [0.717, 1.165) is 34.6 Å². The smallest absolute Gasteiger partial charge is 0.181 e. The molecule has 0 amide bonds. The van der Waals surface area contributed by atoms with Gasteiger partial charge in [-0.3, -0.25) is 4.90 Å². The maximum atomic E-state index is 5.53. The number of hydrogen-bond acceptors (Lipinski definition) is 6. The Morgan fingerprint density at radius 2 is 1.74 bits per heavy atom. The van der Waals surface area contributed by atoms with Crippen molar-refractivity contribution in [2.75, 3.05) is 7.05 Å². The van der Waals surface area contributed by atoms with E-state index in [0.29, 0.717) is 18.0 Å². The van der Waals surface area contributed by atoms with E-state index < -0.39 is 0 Å². The van der Waals surface area contributed by atoms with Gasteiger partial charge in [0, 0.05) is 30.8 Å². The van der Waals surface area contributed by atoms with Gasteiger partial charge in [0.1, 0.15) is 11.2 Å². The topological polar surface area (TPSA) is 72.9 Å². The van der Waals surface area contributed by atoms with Crippen molar-refractivity contribution in [1.82, 2.24) is 29.6 Å². The Kier molecular flexibility index (Phi) is 5.01. The van der Waals surface area contributed by atoms with E-state index >= 15 is 0 Å². The molecule has 0 saturated carbocycles. The van der Waals surface area contributed by atoms with E-state index in [2.05, 4.69) is 56.3 Å². The third-order valence-corrected chi connectivity index (χ3v) is 5.20. The Morgan fingerprint density at radius 3 is 2.55 bits per heavy atom. The molecule has 31 heavy (non-hydrogen) atoms. The summed E-state index contributed by atoms with van der Waals surface area (Å²) in [6.45, 7) is 1.48. The summed E-state index contributed by atoms with van der Waals surface area (Å²) in [5.41, 5.74) is 5.72. The zero-order valence-electron chi connectivity index (χ0n) is 17.4. The fourth-order valence-electron chi connectivity index (χ4n) is 3.58. The van der Waals surface area contributed by atoms with Crippen LogP contribution in [0.3, 0.4) is 0 Å². The van der Waals surface area contributed by atoms with Crippen LogP contribution in [-0.2, 0) is 20.1 Å². The lowest BCUT2D eigenvalue weighted by atomic mass is 10.1. The standard InChI is InChI=1S/C24H22N6O/c1-29(15-20-12-21(28-31-20)18-6-4-3-5-7-18)14-17-8-10-19(11-9-17)23-25-13-22-24(27-23)26-16-30(22)2/h3-13,16H,14-15H2,1-2H3. The van der Waals surface area contributed by atoms with Crippen LogP contribution in [0, 0.1) is 0 Å². The maximum absolute atomic E-state index is 5.53. The minimum atomic E-state index is 0.682. The van der Waals surface area contributed by atoms with Crippen LogP contribution in [0.2, 0.25) is 0 Å². The fraction of sp³-hybridized carbons (Fsp3) is 0.167. The van der Waals surface area contributed by atoms with Crippen LogP contribution < -0.4 is 0 Å². The van der Waals surface area contributed by atoms with E-state index in [-0.39, 0.29) is 0 Å². The summed E-state index contributed by atoms with van der Waals surface area (Å²) in [6, 6.07) is 20.4. The first-order chi connectivity index (χ1) is 15.2. The quantitative estimate of drug-likeness (QED) is 0.415. The average Bonchev–Trinajstić information content (AvgIpc) is 3.41. The average molecular weight is 410 g/mol. The molecule has 3 heterocycles. The Morgan fingerprint density at radius 1 is 0.935 bits per heavy atom. The lowest BCUT2D eigenvalue weighted by Gasteiger charge is -2.15. The third kappa shape index (κ3) is 4.08. The molecule has 0 aliphatic rings. The number of fused-ring (bicyclic) bond motifs is 1. The second kappa shape index (κ2) is 8.12. The van der Waals surface area contributed by atoms with Gasteiger partial charge in [0.05, 0.1) is 19.1 Å². The Hall–Kier alpha value is -3.84. The zero-order valence-corrected chi connectivity index (χ0v) is 17.4. The summed E-state index contributed by atoms with van der Waals surface area (Å²) in [7, 11) is 4.00. The van der Waals surface area contributed by atoms with E-state index in [1.54, 1.807) is 6.33 Å². The van der Waals surface area contributed by atoms with Gasteiger partial charge in [-0.05, 0) is 12.6 Å². The molecule has 0 spiro atoms. The largest absolute Gasteiger partial charge is 0.359 e. The second-order valence-electron chi connectivity index (χ2n) is 7.67. The molecule has 154 valence electrons. The number of benzene rings is 2. The van der Waals surface area contributed by atoms with Gasteiger partial charge in [0.15, 0.2) is 17.2 Å². The highest BCUT2D eigenvalue weighted by molar-refractivity contribution is 5.72. The zero-order chi connectivity index (χ0) is 21.2. The minimum absolute atomic E-state index is 0.682. The van der Waals surface area contributed by atoms with Crippen molar-refractivity contribution in [1.29, 1.82) is 0 Å². The van der Waals surface area contributed by atoms with Gasteiger partial charge in [-0.25, -0.2) is 15.0 Å². The van der Waals surface area contributed by atoms with Gasteiger partial charge in [0.25, 0.3) is 0 Å². The molecular formula is C24H22N6O. The van der Waals surface area contributed by atoms with Gasteiger partial charge in [-0.15, -0.1) is 0 Å². The highest BCUT2D eigenvalue weighted by atomic mass is 16.5. The van der Waals surface area contributed by atoms with Gasteiger partial charge in [-0.1, -0.05) is 59.8 Å². The van der Waals surface area contributed by atoms with Crippen molar-refractivity contribution >= 4 is 11.2 Å². The van der Waals surface area contributed by atoms with Gasteiger partial charge >= 0.3 is 0 Å². The normalized spacial score (nSPS) is 11.5. The SMILES string of the molecule is CN(Cc1ccc(-c2ncc3c(ncn3C)n2)cc1)Cc1cc(-c2ccccc2)no1. The Labute approximate surface area is 180 Å². The lowest BCUT2D eigenvalue weighted by Crippen LogP contribution is -2.16. The molecule has 0 N–H and O–H groups in total. The van der Waals surface area contributed by atoms with E-state index in [4.69, 9.17) is 4.52 Å². The molecule has 5 rings (SSSR count). The van der Waals surface area contributed by atoms with Gasteiger partial charge in [-0.2, -0.15) is 0 Å². The second-order valence-corrected chi connectivity index (χ2v) is 7.67. The van der Waals surface area contributed by atoms with Crippen LogP contribution in [-0.4, -0.2) is 36.6 Å². The number of aryl methyl sites for hydroxylation is 1. The molecule has 0 fully saturated rings. The highest BCUT2D eigenvalue weighted by Crippen LogP contribution is 2.21. The summed E-state index contributed by atoms with van der Waals surface area (Å²) in [4.78, 5) is 15.6. The number of aromatic nitrogens is 5. The molecule has 0 aliphatic heterocycles. The van der Waals surface area contributed by atoms with Crippen LogP contribution in [0.1, 0.15) is 11.3 Å². The summed E-state index contributed by atoms with van der Waals surface area (Å²) in [6.07, 6.45) is 3.56. The monoisotopic (exact) mass is 410 g/mol. The number of nitrogens with zero attached hydrogens (tertiary/aromatic N) is 6. The van der Waals surface area contributed by atoms with Crippen LogP contribution >= 0.6 is 0 Å². The van der Waals surface area contributed by atoms with Crippen LogP contribution in [0.25, 0.3) is 33.8 Å². The highest BCUT2D eigenvalue weighted by Gasteiger charge is 2.10. The third-order valence-electron chi connectivity index (χ3n) is 5.20. The van der Waals surface area contributed by atoms with Crippen molar-refractivity contribution in [3.8, 4) is 22.6 Å². The molecule has 0 bridgehead atoms. The lowest BCUT2D eigenvalue weighted by molar-refractivity contribution is 0.267. The summed E-state index contributed by atoms with van der Waals surface area (Å²) >= 11 is 0. The van der Waals surface area contributed by atoms with Crippen molar-refractivity contribution in [2.24, 2.45) is 7.05 Å². The first-order valence-corrected chi connectivity index (χ1v) is 10.1. The predicted octanol–water partition coefficient (Wildman–Crippen LogP) is 4.32. The van der Waals surface area contributed by atoms with Gasteiger partial charge in [0.2, 0.25) is 0 Å². The molecule has 2 aromatic carbocycles. The molecule has 3 aromatic heterocycles. The van der Waals surface area contributed by atoms with E-state index in [9.17, 15) is 0 Å². The molecule has 0 unspecified atom stereocenters. The molecule has 0 atom stereocenters. The molecular weight excluding hydrogens is 388 g/mol. The molecule has 7 nitrogen and oxygen atoms in total. The first kappa shape index (κ1) is 19.1. The van der Waals surface area contributed by atoms with E-state index in [1.165, 1.54) is 5.56 Å². The van der Waals surface area contributed by atoms with E-state index in [1.807, 2.05) is 54.2 Å². The molecule has 5 aromatic rings. The molecule has 0 saturated heterocycles. The molecule has 7 heteroatoms. The Balaban J connectivity index is 1.24. The predicted molar refractivity (Wildman–Crippen MR) is 119 cm³/mol. The summed E-state index contributed by atoms with van der Waals surface area (Å²) < 4.78 is 7.44. The van der Waals surface area contributed by atoms with Crippen LogP contribution in [0.4, 0.5) is 0 Å². The van der Waals surface area contributed by atoms with Crippen molar-refractivity contribution in [2.45, 2.75) is 13.1 Å². The maximum Gasteiger partial charge on any atom is 0.181 e. The molecule has 0 radical (unpaired) electrons. The van der Waals surface area contributed by atoms with Crippen molar-refractivity contribution in [3.63, 3.8) is 0 Å². The van der Waals surface area contributed by atoms with Crippen molar-refractivity contribution < 1.29 is 4.52 Å². The molecule has 0 aliphatic carbocycles. The number of hydrogen-bond donors (Lipinski definition) is 0. The number of imidazole rings is 1. The Bertz CT molecular complexity index is 1310. The number of rotatable bonds is 6. The van der Waals surface area contributed by atoms with Gasteiger partial charge < -0.3 is 9.09 Å². The fourth-order valence-corrected chi connectivity index (χ4v) is 3.58.